The van der Waals surface area contributed by atoms with Crippen molar-refractivity contribution in [1.82, 2.24) is 19.9 Å². The Labute approximate surface area is 124 Å². The Kier molecular flexibility index (Phi) is 4.07. The van der Waals surface area contributed by atoms with Gasteiger partial charge in [0.05, 0.1) is 6.33 Å². The van der Waals surface area contributed by atoms with Crippen LogP contribution in [0, 0.1) is 0 Å². The lowest BCUT2D eigenvalue weighted by atomic mass is 10.1. The molecule has 2 heterocycles. The molecule has 0 saturated carbocycles. The van der Waals surface area contributed by atoms with Crippen LogP contribution in [0.4, 0.5) is 0 Å². The molecule has 0 unspecified atom stereocenters. The van der Waals surface area contributed by atoms with Gasteiger partial charge >= 0.3 is 0 Å². The summed E-state index contributed by atoms with van der Waals surface area (Å²) in [5, 5.41) is 3.52. The average Bonchev–Trinajstić information content (AvgIpc) is 3.08. The summed E-state index contributed by atoms with van der Waals surface area (Å²) >= 11 is 0. The normalized spacial score (nSPS) is 12.2. The third kappa shape index (κ3) is 3.35. The van der Waals surface area contributed by atoms with Crippen LogP contribution in [0.3, 0.4) is 0 Å². The lowest BCUT2D eigenvalue weighted by Gasteiger charge is -2.14. The van der Waals surface area contributed by atoms with E-state index >= 15 is 0 Å². The number of imidazole rings is 1. The summed E-state index contributed by atoms with van der Waals surface area (Å²) in [7, 11) is 0. The summed E-state index contributed by atoms with van der Waals surface area (Å²) in [6.07, 6.45) is 9.18. The molecule has 1 atom stereocenters. The first-order valence-electron chi connectivity index (χ1n) is 7.03. The molecule has 2 aromatic heterocycles. The lowest BCUT2D eigenvalue weighted by molar-refractivity contribution is 0.574. The molecule has 106 valence electrons. The van der Waals surface area contributed by atoms with E-state index in [1.807, 2.05) is 35.3 Å². The largest absolute Gasteiger partial charge is 0.306 e. The molecular weight excluding hydrogens is 260 g/mol. The molecule has 0 bridgehead atoms. The van der Waals surface area contributed by atoms with E-state index in [0.29, 0.717) is 6.04 Å². The van der Waals surface area contributed by atoms with Crippen LogP contribution in [0.2, 0.25) is 0 Å². The van der Waals surface area contributed by atoms with Crippen LogP contribution >= 0.6 is 0 Å². The topological polar surface area (TPSA) is 42.7 Å². The SMILES string of the molecule is C[C@H](NCc1ccc(-n2ccnc2)cc1)c1ccncc1. The van der Waals surface area contributed by atoms with Crippen molar-refractivity contribution in [3.63, 3.8) is 0 Å². The van der Waals surface area contributed by atoms with Crippen LogP contribution in [-0.4, -0.2) is 14.5 Å². The van der Waals surface area contributed by atoms with E-state index in [0.717, 1.165) is 12.2 Å². The van der Waals surface area contributed by atoms with Crippen LogP contribution in [0.25, 0.3) is 5.69 Å². The molecule has 3 aromatic rings. The molecule has 0 spiro atoms. The second-order valence-electron chi connectivity index (χ2n) is 5.02. The number of nitrogens with zero attached hydrogens (tertiary/aromatic N) is 3. The highest BCUT2D eigenvalue weighted by atomic mass is 15.0. The number of hydrogen-bond acceptors (Lipinski definition) is 3. The maximum absolute atomic E-state index is 4.06. The predicted octanol–water partition coefficient (Wildman–Crippen LogP) is 3.12. The van der Waals surface area contributed by atoms with Gasteiger partial charge in [-0.15, -0.1) is 0 Å². The molecule has 0 saturated heterocycles. The lowest BCUT2D eigenvalue weighted by Crippen LogP contribution is -2.18. The summed E-state index contributed by atoms with van der Waals surface area (Å²) in [5.41, 5.74) is 3.64. The third-order valence-electron chi connectivity index (χ3n) is 3.56. The minimum Gasteiger partial charge on any atom is -0.306 e. The minimum absolute atomic E-state index is 0.307. The third-order valence-corrected chi connectivity index (χ3v) is 3.56. The zero-order valence-corrected chi connectivity index (χ0v) is 12.0. The number of nitrogens with one attached hydrogen (secondary N) is 1. The van der Waals surface area contributed by atoms with Gasteiger partial charge in [-0.1, -0.05) is 12.1 Å². The smallest absolute Gasteiger partial charge is 0.0991 e. The number of benzene rings is 1. The Morgan fingerprint density at radius 1 is 1.00 bits per heavy atom. The summed E-state index contributed by atoms with van der Waals surface area (Å²) in [4.78, 5) is 8.10. The Morgan fingerprint density at radius 3 is 2.43 bits per heavy atom. The van der Waals surface area contributed by atoms with Gasteiger partial charge in [0.25, 0.3) is 0 Å². The first kappa shape index (κ1) is 13.5. The van der Waals surface area contributed by atoms with Gasteiger partial charge in [-0.3, -0.25) is 4.98 Å². The van der Waals surface area contributed by atoms with Crippen molar-refractivity contribution in [2.75, 3.05) is 0 Å². The van der Waals surface area contributed by atoms with E-state index in [1.165, 1.54) is 11.1 Å². The molecule has 0 radical (unpaired) electrons. The van der Waals surface area contributed by atoms with Gasteiger partial charge in [0.15, 0.2) is 0 Å². The zero-order valence-electron chi connectivity index (χ0n) is 12.0. The van der Waals surface area contributed by atoms with Gasteiger partial charge in [0.2, 0.25) is 0 Å². The quantitative estimate of drug-likeness (QED) is 0.779. The van der Waals surface area contributed by atoms with Gasteiger partial charge < -0.3 is 9.88 Å². The number of hydrogen-bond donors (Lipinski definition) is 1. The van der Waals surface area contributed by atoms with E-state index in [9.17, 15) is 0 Å². The molecule has 0 amide bonds. The second-order valence-corrected chi connectivity index (χ2v) is 5.02. The first-order chi connectivity index (χ1) is 10.3. The molecule has 1 aromatic carbocycles. The highest BCUT2D eigenvalue weighted by molar-refractivity contribution is 5.34. The second kappa shape index (κ2) is 6.33. The van der Waals surface area contributed by atoms with Crippen LogP contribution in [0.1, 0.15) is 24.1 Å². The molecule has 3 rings (SSSR count). The van der Waals surface area contributed by atoms with Gasteiger partial charge in [-0.25, -0.2) is 4.98 Å². The Balaban J connectivity index is 1.61. The maximum atomic E-state index is 4.06. The minimum atomic E-state index is 0.307. The van der Waals surface area contributed by atoms with Crippen molar-refractivity contribution < 1.29 is 0 Å². The Hall–Kier alpha value is -2.46. The van der Waals surface area contributed by atoms with Crippen molar-refractivity contribution in [3.8, 4) is 5.69 Å². The number of pyridine rings is 1. The fourth-order valence-electron chi connectivity index (χ4n) is 2.24. The standard InChI is InChI=1S/C17H18N4/c1-14(16-6-8-18-9-7-16)20-12-15-2-4-17(5-3-15)21-11-10-19-13-21/h2-11,13-14,20H,12H2,1H3/t14-/m0/s1. The monoisotopic (exact) mass is 278 g/mol. The molecule has 4 nitrogen and oxygen atoms in total. The van der Waals surface area contributed by atoms with E-state index in [-0.39, 0.29) is 0 Å². The van der Waals surface area contributed by atoms with Crippen LogP contribution in [-0.2, 0) is 6.54 Å². The zero-order chi connectivity index (χ0) is 14.5. The molecule has 1 N–H and O–H groups in total. The number of aromatic nitrogens is 3. The van der Waals surface area contributed by atoms with E-state index < -0.39 is 0 Å². The fraction of sp³-hybridized carbons (Fsp3) is 0.176. The molecule has 0 fully saturated rings. The van der Waals surface area contributed by atoms with Crippen molar-refractivity contribution in [2.45, 2.75) is 19.5 Å². The van der Waals surface area contributed by atoms with Gasteiger partial charge in [-0.05, 0) is 42.3 Å². The number of rotatable bonds is 5. The molecule has 0 aliphatic carbocycles. The van der Waals surface area contributed by atoms with Crippen LogP contribution in [0.5, 0.6) is 0 Å². The highest BCUT2D eigenvalue weighted by Crippen LogP contribution is 2.13. The summed E-state index contributed by atoms with van der Waals surface area (Å²) in [6, 6.07) is 12.9. The fourth-order valence-corrected chi connectivity index (χ4v) is 2.24. The van der Waals surface area contributed by atoms with Gasteiger partial charge in [0.1, 0.15) is 0 Å². The summed E-state index contributed by atoms with van der Waals surface area (Å²) in [6.45, 7) is 3.00. The van der Waals surface area contributed by atoms with E-state index in [4.69, 9.17) is 0 Å². The van der Waals surface area contributed by atoms with Crippen molar-refractivity contribution >= 4 is 0 Å². The first-order valence-corrected chi connectivity index (χ1v) is 7.03. The maximum Gasteiger partial charge on any atom is 0.0991 e. The van der Waals surface area contributed by atoms with E-state index in [1.54, 1.807) is 12.5 Å². The van der Waals surface area contributed by atoms with Gasteiger partial charge in [-0.2, -0.15) is 0 Å². The van der Waals surface area contributed by atoms with Crippen LogP contribution in [0.15, 0.2) is 67.5 Å². The predicted molar refractivity (Wildman–Crippen MR) is 83.1 cm³/mol. The summed E-state index contributed by atoms with van der Waals surface area (Å²) in [5.74, 6) is 0. The molecule has 0 aliphatic heterocycles. The highest BCUT2D eigenvalue weighted by Gasteiger charge is 2.04. The molecule has 0 aliphatic rings. The molecular formula is C17H18N4. The average molecular weight is 278 g/mol. The molecule has 21 heavy (non-hydrogen) atoms. The Morgan fingerprint density at radius 2 is 1.76 bits per heavy atom. The van der Waals surface area contributed by atoms with Gasteiger partial charge in [0, 0.05) is 43.1 Å². The van der Waals surface area contributed by atoms with Crippen molar-refractivity contribution in [2.24, 2.45) is 0 Å². The molecule has 4 heteroatoms. The van der Waals surface area contributed by atoms with Crippen LogP contribution < -0.4 is 5.32 Å². The van der Waals surface area contributed by atoms with Crippen molar-refractivity contribution in [1.29, 1.82) is 0 Å². The Bertz CT molecular complexity index is 660. The van der Waals surface area contributed by atoms with Crippen molar-refractivity contribution in [3.05, 3.63) is 78.6 Å². The van der Waals surface area contributed by atoms with E-state index in [2.05, 4.69) is 46.5 Å². The summed E-state index contributed by atoms with van der Waals surface area (Å²) < 4.78 is 2.00.